The third-order valence-corrected chi connectivity index (χ3v) is 9.77. The summed E-state index contributed by atoms with van der Waals surface area (Å²) in [4.78, 5) is 47.2. The number of aliphatic hydroxyl groups is 1. The monoisotopic (exact) mass is 1030 g/mol. The van der Waals surface area contributed by atoms with E-state index in [0.29, 0.717) is 17.4 Å². The van der Waals surface area contributed by atoms with E-state index in [1.54, 1.807) is 0 Å². The van der Waals surface area contributed by atoms with E-state index in [1.807, 2.05) is 13.8 Å². The molecular formula is C48H48F12N6O6. The number of rotatable bonds is 16. The highest BCUT2D eigenvalue weighted by molar-refractivity contribution is 5.97. The first-order valence-corrected chi connectivity index (χ1v) is 21.0. The molecule has 4 N–H and O–H groups in total. The quantitative estimate of drug-likeness (QED) is 0.0328. The van der Waals surface area contributed by atoms with Gasteiger partial charge in [-0.1, -0.05) is 62.4 Å². The normalized spacial score (nSPS) is 11.8. The Hall–Kier alpha value is -7.50. The summed E-state index contributed by atoms with van der Waals surface area (Å²) in [5.41, 5.74) is -3.36. The highest BCUT2D eigenvalue weighted by atomic mass is 19.4. The van der Waals surface area contributed by atoms with Gasteiger partial charge in [-0.25, -0.2) is 31.1 Å². The number of aliphatic hydroxyl groups excluding tert-OH is 1. The zero-order valence-electron chi connectivity index (χ0n) is 39.1. The maximum Gasteiger partial charge on any atom is 0.416 e. The van der Waals surface area contributed by atoms with Crippen LogP contribution in [0.25, 0.3) is 0 Å². The molecular weight excluding hydrogens is 985 g/mol. The predicted octanol–water partition coefficient (Wildman–Crippen LogP) is 10.6. The van der Waals surface area contributed by atoms with Crippen molar-refractivity contribution in [3.63, 3.8) is 0 Å². The van der Waals surface area contributed by atoms with E-state index < -0.39 is 82.4 Å². The first kappa shape index (κ1) is 60.6. The zero-order chi connectivity index (χ0) is 54.7. The number of benzene rings is 3. The number of alkyl halides is 10. The fourth-order valence-electron chi connectivity index (χ4n) is 6.31. The van der Waals surface area contributed by atoms with Crippen LogP contribution in [0, 0.1) is 5.82 Å². The van der Waals surface area contributed by atoms with Crippen LogP contribution in [0.5, 0.6) is 0 Å². The molecule has 0 unspecified atom stereocenters. The number of aryl methyl sites for hydroxylation is 2. The molecule has 2 aromatic heterocycles. The number of aliphatic carboxylic acids is 1. The highest BCUT2D eigenvalue weighted by Gasteiger charge is 2.33. The number of hydrogen-bond donors (Lipinski definition) is 4. The minimum Gasteiger partial charge on any atom is -0.478 e. The Bertz CT molecular complexity index is 2710. The lowest BCUT2D eigenvalue weighted by molar-refractivity contribution is -0.138. The fraction of sp³-hybridized carbons (Fsp3) is 0.292. The van der Waals surface area contributed by atoms with Crippen molar-refractivity contribution in [3.05, 3.63) is 176 Å². The predicted molar refractivity (Wildman–Crippen MR) is 239 cm³/mol. The number of carbonyl (C=O) groups is 4. The summed E-state index contributed by atoms with van der Waals surface area (Å²) in [7, 11) is 3.41. The van der Waals surface area contributed by atoms with Gasteiger partial charge in [-0.3, -0.25) is 23.7 Å². The third kappa shape index (κ3) is 17.1. The Balaban J connectivity index is 0.000000462. The summed E-state index contributed by atoms with van der Waals surface area (Å²) in [6.07, 6.45) is -11.6. The average molecular weight is 1030 g/mol. The molecule has 5 rings (SSSR count). The van der Waals surface area contributed by atoms with Gasteiger partial charge in [0.1, 0.15) is 23.5 Å². The fourth-order valence-corrected chi connectivity index (χ4v) is 6.31. The molecule has 0 atom stereocenters. The maximum atomic E-state index is 14.1. The van der Waals surface area contributed by atoms with Gasteiger partial charge in [-0.15, -0.1) is 0 Å². The second-order valence-corrected chi connectivity index (χ2v) is 14.5. The Morgan fingerprint density at radius 3 is 1.50 bits per heavy atom. The number of allylic oxidation sites excluding steroid dienone is 2. The van der Waals surface area contributed by atoms with Crippen LogP contribution in [0.1, 0.15) is 115 Å². The summed E-state index contributed by atoms with van der Waals surface area (Å²) in [5, 5.41) is 28.5. The van der Waals surface area contributed by atoms with Crippen molar-refractivity contribution in [1.82, 2.24) is 30.2 Å². The van der Waals surface area contributed by atoms with Gasteiger partial charge in [0.25, 0.3) is 24.7 Å². The van der Waals surface area contributed by atoms with Crippen molar-refractivity contribution < 1.29 is 82.1 Å². The Morgan fingerprint density at radius 1 is 0.708 bits per heavy atom. The zero-order valence-corrected chi connectivity index (χ0v) is 39.1. The van der Waals surface area contributed by atoms with Crippen LogP contribution in [0.3, 0.4) is 0 Å². The molecule has 0 fully saturated rings. The SMILES string of the molecule is CC.CO.C\C(=C/C=C(\C=C\F)CNC(=O)c1c(Cc2ccc(C(F)(F)F)cc2)nn(C)c1C(F)F)C(=O)O.Cn1nc(Cc2ccc(C(F)(F)F)cc2)c(C(=O)NCc2ccc(C=O)cc2F)c1C(F)F. The molecule has 0 saturated heterocycles. The summed E-state index contributed by atoms with van der Waals surface area (Å²) >= 11 is 0. The van der Waals surface area contributed by atoms with Crippen LogP contribution < -0.4 is 10.6 Å². The van der Waals surface area contributed by atoms with Crippen molar-refractivity contribution in [3.8, 4) is 0 Å². The minimum atomic E-state index is -4.55. The maximum absolute atomic E-state index is 14.1. The van der Waals surface area contributed by atoms with Crippen LogP contribution in [0.4, 0.5) is 52.7 Å². The molecule has 24 heteroatoms. The second-order valence-electron chi connectivity index (χ2n) is 14.5. The lowest BCUT2D eigenvalue weighted by Crippen LogP contribution is -2.27. The topological polar surface area (TPSA) is 168 Å². The molecule has 0 spiro atoms. The van der Waals surface area contributed by atoms with Crippen molar-refractivity contribution >= 4 is 24.1 Å². The van der Waals surface area contributed by atoms with Gasteiger partial charge in [-0.05, 0) is 60.0 Å². The molecule has 390 valence electrons. The number of amides is 2. The Labute approximate surface area is 404 Å². The summed E-state index contributed by atoms with van der Waals surface area (Å²) in [6.45, 7) is 4.62. The molecule has 0 bridgehead atoms. The van der Waals surface area contributed by atoms with Crippen LogP contribution in [0.2, 0.25) is 0 Å². The number of hydrogen-bond acceptors (Lipinski definition) is 7. The van der Waals surface area contributed by atoms with Gasteiger partial charge in [-0.2, -0.15) is 36.5 Å². The van der Waals surface area contributed by atoms with Crippen molar-refractivity contribution in [2.45, 2.75) is 65.4 Å². The second kappa shape index (κ2) is 27.8. The average Bonchev–Trinajstić information content (AvgIpc) is 3.85. The highest BCUT2D eigenvalue weighted by Crippen LogP contribution is 2.32. The molecule has 0 saturated carbocycles. The van der Waals surface area contributed by atoms with E-state index >= 15 is 0 Å². The lowest BCUT2D eigenvalue weighted by atomic mass is 10.0. The largest absolute Gasteiger partial charge is 0.478 e. The molecule has 0 radical (unpaired) electrons. The van der Waals surface area contributed by atoms with E-state index in [1.165, 1.54) is 57.4 Å². The van der Waals surface area contributed by atoms with E-state index in [4.69, 9.17) is 10.2 Å². The lowest BCUT2D eigenvalue weighted by Gasteiger charge is -2.10. The number of aldehydes is 1. The number of carboxylic acid groups (broad SMARTS) is 1. The van der Waals surface area contributed by atoms with E-state index in [0.717, 1.165) is 65.0 Å². The number of carbonyl (C=O) groups excluding carboxylic acids is 3. The molecule has 2 amide bonds. The van der Waals surface area contributed by atoms with E-state index in [2.05, 4.69) is 20.8 Å². The van der Waals surface area contributed by atoms with E-state index in [9.17, 15) is 71.9 Å². The summed E-state index contributed by atoms with van der Waals surface area (Å²) in [5.74, 6) is -3.88. The molecule has 12 nitrogen and oxygen atoms in total. The Kier molecular flexibility index (Phi) is 23.4. The molecule has 3 aromatic carbocycles. The van der Waals surface area contributed by atoms with Crippen molar-refractivity contribution in [2.24, 2.45) is 14.1 Å². The van der Waals surface area contributed by atoms with Gasteiger partial charge in [0.2, 0.25) is 0 Å². The van der Waals surface area contributed by atoms with E-state index in [-0.39, 0.29) is 65.9 Å². The van der Waals surface area contributed by atoms with Gasteiger partial charge in [0, 0.05) is 63.8 Å². The number of nitrogens with zero attached hydrogens (tertiary/aromatic N) is 4. The van der Waals surface area contributed by atoms with Gasteiger partial charge >= 0.3 is 18.3 Å². The smallest absolute Gasteiger partial charge is 0.416 e. The summed E-state index contributed by atoms with van der Waals surface area (Å²) < 4.78 is 160. The van der Waals surface area contributed by atoms with Gasteiger partial charge in [0.05, 0.1) is 40.0 Å². The van der Waals surface area contributed by atoms with Gasteiger partial charge in [0.15, 0.2) is 0 Å². The molecule has 72 heavy (non-hydrogen) atoms. The number of aromatic nitrogens is 4. The summed E-state index contributed by atoms with van der Waals surface area (Å²) in [6, 6.07) is 11.6. The molecule has 5 aromatic rings. The number of carboxylic acids is 1. The minimum absolute atomic E-state index is 0.0285. The third-order valence-electron chi connectivity index (χ3n) is 9.77. The number of halogens is 12. The first-order chi connectivity index (χ1) is 33.9. The van der Waals surface area contributed by atoms with Crippen LogP contribution in [-0.2, 0) is 50.6 Å². The molecule has 0 aliphatic carbocycles. The molecule has 0 aliphatic heterocycles. The van der Waals surface area contributed by atoms with Crippen LogP contribution >= 0.6 is 0 Å². The Morgan fingerprint density at radius 2 is 1.14 bits per heavy atom. The van der Waals surface area contributed by atoms with Crippen LogP contribution in [0.15, 0.2) is 102 Å². The van der Waals surface area contributed by atoms with Crippen molar-refractivity contribution in [2.75, 3.05) is 13.7 Å². The molecule has 2 heterocycles. The van der Waals surface area contributed by atoms with Crippen LogP contribution in [-0.4, -0.2) is 67.5 Å². The van der Waals surface area contributed by atoms with Crippen molar-refractivity contribution in [1.29, 1.82) is 0 Å². The molecule has 0 aliphatic rings. The number of nitrogens with one attached hydrogen (secondary N) is 2. The standard InChI is InChI=1S/C23H21F6N3O3.C22H17F6N3O2.C2H6.CH4O/c1-13(22(34)35)3-4-15(9-10-24)12-30-21(33)18-17(31-32(2)19(18)20(25)26)11-14-5-7-16(8-6-14)23(27,28)29;1-31-19(20(24)25)18(21(33)29-10-14-5-2-13(11-32)8-16(14)23)17(30-31)9-12-3-6-15(7-4-12)22(26,27)28;2*1-2/h3-10,20H,11-12H2,1-2H3,(H,30,33)(H,34,35);2-8,11,20H,9-10H2,1H3,(H,29,33);1-2H3;2H,1H3/b10-9+,13-3+,15-4+;;;. The first-order valence-electron chi connectivity index (χ1n) is 21.0. The van der Waals surface area contributed by atoms with Gasteiger partial charge < -0.3 is 20.8 Å².